The molecule has 5 rings (SSSR count). The number of allylic oxidation sites excluding steroid dienone is 2. The fraction of sp³-hybridized carbons (Fsp3) is 0.636. The van der Waals surface area contributed by atoms with Crippen LogP contribution in [0.1, 0.15) is 19.3 Å². The van der Waals surface area contributed by atoms with Crippen molar-refractivity contribution in [2.45, 2.75) is 19.3 Å². The Bertz CT molecular complexity index is 368. The van der Waals surface area contributed by atoms with Gasteiger partial charge in [-0.05, 0) is 37.0 Å². The molecular weight excluding hydrogens is 160 g/mol. The highest BCUT2D eigenvalue weighted by atomic mass is 14.6. The van der Waals surface area contributed by atoms with Gasteiger partial charge < -0.3 is 0 Å². The van der Waals surface area contributed by atoms with Crippen molar-refractivity contribution in [2.75, 3.05) is 0 Å². The van der Waals surface area contributed by atoms with E-state index in [9.17, 15) is 0 Å². The van der Waals surface area contributed by atoms with Crippen LogP contribution in [-0.2, 0) is 0 Å². The molecule has 0 N–H and O–H groups in total. The zero-order valence-corrected chi connectivity index (χ0v) is 7.33. The molecule has 0 amide bonds. The zero-order valence-electron chi connectivity index (χ0n) is 7.33. The molecule has 3 fully saturated rings. The predicted octanol–water partition coefficient (Wildman–Crippen LogP) is 2.01. The second kappa shape index (κ2) is 2.15. The largest absolute Gasteiger partial charge is 0.193 e. The molecule has 4 bridgehead atoms. The molecule has 5 aliphatic rings. The first-order chi connectivity index (χ1) is 6.35. The molecule has 4 atom stereocenters. The van der Waals surface area contributed by atoms with Crippen LogP contribution in [0.25, 0.3) is 0 Å². The number of hydrogen-bond donors (Lipinski definition) is 0. The Kier molecular flexibility index (Phi) is 1.18. The molecule has 0 aliphatic heterocycles. The standard InChI is InChI=1S/C11H10N2/c12-4-9-6-1-7-3-8(2-6)11(7)10(9)5-13/h6-8,11H,1-3H2/t6?,7-,8+,11?. The first-order valence-corrected chi connectivity index (χ1v) is 4.89. The average molecular weight is 170 g/mol. The van der Waals surface area contributed by atoms with Crippen molar-refractivity contribution in [3.8, 4) is 12.1 Å². The number of hydrogen-bond acceptors (Lipinski definition) is 2. The molecule has 2 nitrogen and oxygen atoms in total. The van der Waals surface area contributed by atoms with Crippen LogP contribution >= 0.6 is 0 Å². The maximum absolute atomic E-state index is 8.99. The molecule has 5 aliphatic carbocycles. The van der Waals surface area contributed by atoms with E-state index in [2.05, 4.69) is 12.1 Å². The first kappa shape index (κ1) is 7.15. The van der Waals surface area contributed by atoms with Gasteiger partial charge in [0.25, 0.3) is 0 Å². The minimum absolute atomic E-state index is 0.438. The van der Waals surface area contributed by atoms with Gasteiger partial charge in [-0.1, -0.05) is 0 Å². The molecule has 13 heavy (non-hydrogen) atoms. The van der Waals surface area contributed by atoms with E-state index in [0.29, 0.717) is 11.8 Å². The van der Waals surface area contributed by atoms with Crippen molar-refractivity contribution in [1.29, 1.82) is 10.5 Å². The van der Waals surface area contributed by atoms with E-state index in [0.717, 1.165) is 23.0 Å². The van der Waals surface area contributed by atoms with Crippen molar-refractivity contribution in [3.63, 3.8) is 0 Å². The summed E-state index contributed by atoms with van der Waals surface area (Å²) in [5.41, 5.74) is 1.66. The lowest BCUT2D eigenvalue weighted by atomic mass is 9.47. The highest BCUT2D eigenvalue weighted by Crippen LogP contribution is 2.61. The lowest BCUT2D eigenvalue weighted by Crippen LogP contribution is -2.49. The van der Waals surface area contributed by atoms with E-state index >= 15 is 0 Å². The Balaban J connectivity index is 2.14. The number of nitriles is 2. The summed E-state index contributed by atoms with van der Waals surface area (Å²) in [4.78, 5) is 0. The van der Waals surface area contributed by atoms with E-state index in [1.54, 1.807) is 0 Å². The van der Waals surface area contributed by atoms with Crippen molar-refractivity contribution < 1.29 is 0 Å². The fourth-order valence-electron chi connectivity index (χ4n) is 3.58. The van der Waals surface area contributed by atoms with E-state index in [1.807, 2.05) is 0 Å². The van der Waals surface area contributed by atoms with Crippen LogP contribution in [0.3, 0.4) is 0 Å². The Morgan fingerprint density at radius 3 is 2.08 bits per heavy atom. The molecule has 0 radical (unpaired) electrons. The van der Waals surface area contributed by atoms with Crippen LogP contribution < -0.4 is 0 Å². The fourth-order valence-corrected chi connectivity index (χ4v) is 3.58. The van der Waals surface area contributed by atoms with Gasteiger partial charge in [-0.15, -0.1) is 0 Å². The summed E-state index contributed by atoms with van der Waals surface area (Å²) in [6.45, 7) is 0. The van der Waals surface area contributed by atoms with Crippen LogP contribution in [0, 0.1) is 46.3 Å². The van der Waals surface area contributed by atoms with E-state index in [1.165, 1.54) is 19.3 Å². The van der Waals surface area contributed by atoms with Gasteiger partial charge in [0.1, 0.15) is 0 Å². The predicted molar refractivity (Wildman–Crippen MR) is 46.1 cm³/mol. The lowest BCUT2D eigenvalue weighted by Gasteiger charge is -2.56. The van der Waals surface area contributed by atoms with Crippen LogP contribution in [0.4, 0.5) is 0 Å². The molecule has 0 aromatic carbocycles. The van der Waals surface area contributed by atoms with Gasteiger partial charge in [0.05, 0.1) is 12.1 Å². The van der Waals surface area contributed by atoms with Gasteiger partial charge in [-0.3, -0.25) is 0 Å². The molecule has 2 heteroatoms. The summed E-state index contributed by atoms with van der Waals surface area (Å²) >= 11 is 0. The summed E-state index contributed by atoms with van der Waals surface area (Å²) < 4.78 is 0. The Morgan fingerprint density at radius 2 is 1.54 bits per heavy atom. The van der Waals surface area contributed by atoms with Gasteiger partial charge >= 0.3 is 0 Å². The lowest BCUT2D eigenvalue weighted by molar-refractivity contribution is 0.00133. The molecule has 0 aromatic rings. The van der Waals surface area contributed by atoms with Gasteiger partial charge in [0.15, 0.2) is 0 Å². The van der Waals surface area contributed by atoms with E-state index in [4.69, 9.17) is 10.5 Å². The third-order valence-corrected chi connectivity index (χ3v) is 4.07. The molecule has 2 unspecified atom stereocenters. The third kappa shape index (κ3) is 0.676. The third-order valence-electron chi connectivity index (χ3n) is 4.07. The highest BCUT2D eigenvalue weighted by Gasteiger charge is 2.54. The maximum Gasteiger partial charge on any atom is 0.0960 e. The van der Waals surface area contributed by atoms with Crippen LogP contribution in [0.2, 0.25) is 0 Å². The molecule has 0 spiro atoms. The van der Waals surface area contributed by atoms with Crippen molar-refractivity contribution in [1.82, 2.24) is 0 Å². The Morgan fingerprint density at radius 1 is 0.923 bits per heavy atom. The van der Waals surface area contributed by atoms with E-state index in [-0.39, 0.29) is 0 Å². The quantitative estimate of drug-likeness (QED) is 0.558. The molecule has 0 heterocycles. The Labute approximate surface area is 77.5 Å². The zero-order chi connectivity index (χ0) is 9.00. The minimum atomic E-state index is 0.438. The minimum Gasteiger partial charge on any atom is -0.193 e. The molecular formula is C11H10N2. The van der Waals surface area contributed by atoms with Gasteiger partial charge in [-0.2, -0.15) is 10.5 Å². The molecule has 0 aromatic heterocycles. The normalized spacial score (nSPS) is 45.1. The Hall–Kier alpha value is -1.28. The van der Waals surface area contributed by atoms with Crippen molar-refractivity contribution >= 4 is 0 Å². The van der Waals surface area contributed by atoms with E-state index < -0.39 is 0 Å². The molecule has 0 saturated heterocycles. The van der Waals surface area contributed by atoms with Crippen LogP contribution in [0.15, 0.2) is 11.1 Å². The summed E-state index contributed by atoms with van der Waals surface area (Å²) in [7, 11) is 0. The monoisotopic (exact) mass is 170 g/mol. The summed E-state index contributed by atoms with van der Waals surface area (Å²) in [6, 6.07) is 4.49. The highest BCUT2D eigenvalue weighted by molar-refractivity contribution is 5.46. The van der Waals surface area contributed by atoms with Gasteiger partial charge in [-0.25, -0.2) is 0 Å². The summed E-state index contributed by atoms with van der Waals surface area (Å²) in [5, 5.41) is 18.0. The average Bonchev–Trinajstić information content (AvgIpc) is 2.17. The van der Waals surface area contributed by atoms with Crippen LogP contribution in [0.5, 0.6) is 0 Å². The van der Waals surface area contributed by atoms with Gasteiger partial charge in [0, 0.05) is 17.1 Å². The number of rotatable bonds is 0. The molecule has 64 valence electrons. The second-order valence-corrected chi connectivity index (χ2v) is 4.50. The smallest absolute Gasteiger partial charge is 0.0960 e. The molecule has 3 saturated carbocycles. The number of nitrogens with zero attached hydrogens (tertiary/aromatic N) is 2. The first-order valence-electron chi connectivity index (χ1n) is 4.89. The topological polar surface area (TPSA) is 47.6 Å². The van der Waals surface area contributed by atoms with Crippen LogP contribution in [-0.4, -0.2) is 0 Å². The SMILES string of the molecule is N#CC1=C(C#N)C2[C@@H]3CC1C[C@H]2C3. The maximum atomic E-state index is 8.99. The van der Waals surface area contributed by atoms with Gasteiger partial charge in [0.2, 0.25) is 0 Å². The summed E-state index contributed by atoms with van der Waals surface area (Å²) in [5.74, 6) is 2.41. The van der Waals surface area contributed by atoms with Crippen molar-refractivity contribution in [3.05, 3.63) is 11.1 Å². The second-order valence-electron chi connectivity index (χ2n) is 4.50. The van der Waals surface area contributed by atoms with Crippen molar-refractivity contribution in [2.24, 2.45) is 23.7 Å². The summed E-state index contributed by atoms with van der Waals surface area (Å²) in [6.07, 6.45) is 3.66.